The lowest BCUT2D eigenvalue weighted by molar-refractivity contribution is 0.101. The second-order valence-electron chi connectivity index (χ2n) is 2.71. The normalized spacial score (nSPS) is 9.14. The number of phenolic OH excluding ortho intramolecular Hbond substituents is 1. The summed E-state index contributed by atoms with van der Waals surface area (Å²) >= 11 is 0. The molecule has 1 rings (SSSR count). The van der Waals surface area contributed by atoms with Crippen molar-refractivity contribution in [1.29, 1.82) is 5.26 Å². The molecule has 0 heterocycles. The number of carbonyl (C=O) groups is 2. The van der Waals surface area contributed by atoms with Gasteiger partial charge in [-0.2, -0.15) is 5.26 Å². The summed E-state index contributed by atoms with van der Waals surface area (Å²) < 4.78 is 0. The summed E-state index contributed by atoms with van der Waals surface area (Å²) in [6, 6.07) is 4.41. The van der Waals surface area contributed by atoms with Crippen LogP contribution in [0.1, 0.15) is 33.2 Å². The lowest BCUT2D eigenvalue weighted by Crippen LogP contribution is -1.98. The Balaban J connectivity index is 3.52. The van der Waals surface area contributed by atoms with Gasteiger partial charge >= 0.3 is 0 Å². The van der Waals surface area contributed by atoms with Crippen molar-refractivity contribution in [3.63, 3.8) is 0 Å². The van der Waals surface area contributed by atoms with Gasteiger partial charge in [0.2, 0.25) is 0 Å². The van der Waals surface area contributed by atoms with Crippen molar-refractivity contribution >= 4 is 12.1 Å². The smallest absolute Gasteiger partial charge is 0.163 e. The maximum atomic E-state index is 11.0. The van der Waals surface area contributed by atoms with E-state index in [1.54, 1.807) is 6.07 Å². The van der Waals surface area contributed by atoms with Crippen molar-refractivity contribution < 1.29 is 14.7 Å². The van der Waals surface area contributed by atoms with E-state index in [9.17, 15) is 14.7 Å². The highest BCUT2D eigenvalue weighted by Crippen LogP contribution is 2.24. The topological polar surface area (TPSA) is 78.2 Å². The number of aldehydes is 1. The first-order valence-corrected chi connectivity index (χ1v) is 3.84. The molecule has 1 aromatic rings. The van der Waals surface area contributed by atoms with Gasteiger partial charge in [-0.1, -0.05) is 0 Å². The molecular weight excluding hydrogens is 182 g/mol. The first kappa shape index (κ1) is 9.93. The minimum absolute atomic E-state index is 0.0473. The molecule has 4 heteroatoms. The van der Waals surface area contributed by atoms with Crippen LogP contribution in [-0.4, -0.2) is 17.2 Å². The van der Waals surface area contributed by atoms with Crippen LogP contribution in [0, 0.1) is 11.3 Å². The number of rotatable bonds is 2. The molecule has 0 fully saturated rings. The number of nitrogens with zero attached hydrogens (tertiary/aromatic N) is 1. The van der Waals surface area contributed by atoms with E-state index in [1.165, 1.54) is 19.1 Å². The third kappa shape index (κ3) is 1.48. The molecular formula is C10H7NO3. The molecule has 0 aromatic heterocycles. The number of nitriles is 1. The second-order valence-corrected chi connectivity index (χ2v) is 2.71. The van der Waals surface area contributed by atoms with Crippen molar-refractivity contribution in [2.75, 3.05) is 0 Å². The fraction of sp³-hybridized carbons (Fsp3) is 0.100. The first-order valence-electron chi connectivity index (χ1n) is 3.84. The number of ketones is 1. The van der Waals surface area contributed by atoms with E-state index in [1.807, 2.05) is 0 Å². The molecule has 0 amide bonds. The first-order chi connectivity index (χ1) is 6.61. The molecule has 14 heavy (non-hydrogen) atoms. The predicted molar refractivity (Wildman–Crippen MR) is 48.2 cm³/mol. The van der Waals surface area contributed by atoms with E-state index in [0.717, 1.165) is 0 Å². The van der Waals surface area contributed by atoms with E-state index in [4.69, 9.17) is 5.26 Å². The number of hydrogen-bond acceptors (Lipinski definition) is 4. The van der Waals surface area contributed by atoms with Crippen LogP contribution in [0.25, 0.3) is 0 Å². The average Bonchev–Trinajstić information content (AvgIpc) is 2.16. The highest BCUT2D eigenvalue weighted by atomic mass is 16.3. The Morgan fingerprint density at radius 3 is 2.64 bits per heavy atom. The Bertz CT molecular complexity index is 443. The summed E-state index contributed by atoms with van der Waals surface area (Å²) in [6.45, 7) is 1.27. The average molecular weight is 189 g/mol. The van der Waals surface area contributed by atoms with E-state index in [0.29, 0.717) is 6.29 Å². The molecule has 4 nitrogen and oxygen atoms in total. The summed E-state index contributed by atoms with van der Waals surface area (Å²) in [7, 11) is 0. The molecule has 0 aliphatic heterocycles. The van der Waals surface area contributed by atoms with Gasteiger partial charge in [0.1, 0.15) is 11.8 Å². The molecule has 0 saturated heterocycles. The van der Waals surface area contributed by atoms with Crippen LogP contribution in [0.15, 0.2) is 12.1 Å². The van der Waals surface area contributed by atoms with E-state index in [2.05, 4.69) is 0 Å². The molecule has 0 atom stereocenters. The highest BCUT2D eigenvalue weighted by molar-refractivity contribution is 6.00. The number of phenols is 1. The van der Waals surface area contributed by atoms with Crippen molar-refractivity contribution in [1.82, 2.24) is 0 Å². The minimum atomic E-state index is -0.424. The van der Waals surface area contributed by atoms with Gasteiger partial charge in [-0.15, -0.1) is 0 Å². The van der Waals surface area contributed by atoms with Crippen LogP contribution in [-0.2, 0) is 0 Å². The van der Waals surface area contributed by atoms with E-state index < -0.39 is 5.75 Å². The monoisotopic (exact) mass is 189 g/mol. The van der Waals surface area contributed by atoms with Crippen LogP contribution < -0.4 is 0 Å². The summed E-state index contributed by atoms with van der Waals surface area (Å²) in [5.74, 6) is -0.776. The largest absolute Gasteiger partial charge is 0.506 e. The van der Waals surface area contributed by atoms with Crippen molar-refractivity contribution in [3.8, 4) is 11.8 Å². The van der Waals surface area contributed by atoms with Crippen molar-refractivity contribution in [2.45, 2.75) is 6.92 Å². The van der Waals surface area contributed by atoms with Gasteiger partial charge in [0, 0.05) is 0 Å². The van der Waals surface area contributed by atoms with Gasteiger partial charge in [-0.05, 0) is 19.1 Å². The summed E-state index contributed by atoms with van der Waals surface area (Å²) in [5.41, 5.74) is -0.0335. The van der Waals surface area contributed by atoms with E-state index in [-0.39, 0.29) is 22.5 Å². The van der Waals surface area contributed by atoms with Crippen LogP contribution in [0.5, 0.6) is 5.75 Å². The molecule has 0 radical (unpaired) electrons. The van der Waals surface area contributed by atoms with Gasteiger partial charge in [0.15, 0.2) is 12.1 Å². The summed E-state index contributed by atoms with van der Waals surface area (Å²) in [5, 5.41) is 18.1. The standard InChI is InChI=1S/C10H7NO3/c1-6(13)8-3-2-7(4-11)9(5-12)10(8)14/h2-3,5,14H,1H3. The summed E-state index contributed by atoms with van der Waals surface area (Å²) in [6.07, 6.45) is 0.361. The van der Waals surface area contributed by atoms with Gasteiger partial charge in [-0.3, -0.25) is 9.59 Å². The van der Waals surface area contributed by atoms with Crippen LogP contribution in [0.3, 0.4) is 0 Å². The summed E-state index contributed by atoms with van der Waals surface area (Å²) in [4.78, 5) is 21.5. The fourth-order valence-electron chi connectivity index (χ4n) is 1.11. The number of aromatic hydroxyl groups is 1. The number of carbonyl (C=O) groups excluding carboxylic acids is 2. The fourth-order valence-corrected chi connectivity index (χ4v) is 1.11. The maximum absolute atomic E-state index is 11.0. The van der Waals surface area contributed by atoms with Gasteiger partial charge in [0.25, 0.3) is 0 Å². The zero-order valence-electron chi connectivity index (χ0n) is 7.44. The Morgan fingerprint density at radius 1 is 1.57 bits per heavy atom. The highest BCUT2D eigenvalue weighted by Gasteiger charge is 2.14. The van der Waals surface area contributed by atoms with E-state index >= 15 is 0 Å². The number of hydrogen-bond donors (Lipinski definition) is 1. The molecule has 1 N–H and O–H groups in total. The zero-order valence-corrected chi connectivity index (χ0v) is 7.44. The zero-order chi connectivity index (χ0) is 10.7. The maximum Gasteiger partial charge on any atom is 0.163 e. The minimum Gasteiger partial charge on any atom is -0.506 e. The number of Topliss-reactive ketones (excluding diaryl/α,β-unsaturated/α-hetero) is 1. The van der Waals surface area contributed by atoms with Gasteiger partial charge < -0.3 is 5.11 Å². The Kier molecular flexibility index (Phi) is 2.63. The lowest BCUT2D eigenvalue weighted by Gasteiger charge is -2.03. The Morgan fingerprint density at radius 2 is 2.21 bits per heavy atom. The van der Waals surface area contributed by atoms with Crippen LogP contribution in [0.4, 0.5) is 0 Å². The van der Waals surface area contributed by atoms with Crippen LogP contribution in [0.2, 0.25) is 0 Å². The molecule has 0 aliphatic carbocycles. The molecule has 0 saturated carbocycles. The second kappa shape index (κ2) is 3.71. The van der Waals surface area contributed by atoms with Crippen molar-refractivity contribution in [3.05, 3.63) is 28.8 Å². The molecule has 0 spiro atoms. The van der Waals surface area contributed by atoms with Crippen LogP contribution >= 0.6 is 0 Å². The third-order valence-corrected chi connectivity index (χ3v) is 1.83. The third-order valence-electron chi connectivity index (χ3n) is 1.83. The molecule has 0 aliphatic rings. The predicted octanol–water partition coefficient (Wildman–Crippen LogP) is 1.28. The Hall–Kier alpha value is -2.15. The molecule has 1 aromatic carbocycles. The lowest BCUT2D eigenvalue weighted by atomic mass is 10.0. The Labute approximate surface area is 80.4 Å². The molecule has 70 valence electrons. The number of benzene rings is 1. The van der Waals surface area contributed by atoms with Gasteiger partial charge in [-0.25, -0.2) is 0 Å². The quantitative estimate of drug-likeness (QED) is 0.561. The molecule has 0 bridgehead atoms. The van der Waals surface area contributed by atoms with Gasteiger partial charge in [0.05, 0.1) is 16.7 Å². The molecule has 0 unspecified atom stereocenters. The van der Waals surface area contributed by atoms with Crippen molar-refractivity contribution in [2.24, 2.45) is 0 Å². The SMILES string of the molecule is CC(=O)c1ccc(C#N)c(C=O)c1O.